The fraction of sp³-hybridized carbons (Fsp3) is 0.174. The molecule has 0 bridgehead atoms. The monoisotopic (exact) mass is 440 g/mol. The van der Waals surface area contributed by atoms with Crippen LogP contribution in [0.15, 0.2) is 71.6 Å². The number of rotatable bonds is 8. The molecule has 0 heterocycles. The molecule has 0 atom stereocenters. The second kappa shape index (κ2) is 9.53. The Morgan fingerprint density at radius 2 is 1.61 bits per heavy atom. The Hall–Kier alpha value is -3.52. The summed E-state index contributed by atoms with van der Waals surface area (Å²) >= 11 is 0. The quantitative estimate of drug-likeness (QED) is 0.510. The number of ether oxygens (including phenoxy) is 2. The van der Waals surface area contributed by atoms with Crippen molar-refractivity contribution in [2.24, 2.45) is 0 Å². The standard InChI is InChI=1S/C23H24N2O5S/c1-16-4-6-17(7-5-16)15-24-21-13-8-18(23(26)30-3)14-22(21)31(27,28)25-19-9-11-20(29-2)12-10-19/h4-14,24-25H,15H2,1-3H3. The number of carbonyl (C=O) groups is 1. The molecule has 8 heteroatoms. The van der Waals surface area contributed by atoms with Gasteiger partial charge >= 0.3 is 5.97 Å². The smallest absolute Gasteiger partial charge is 0.337 e. The van der Waals surface area contributed by atoms with Gasteiger partial charge in [0.25, 0.3) is 10.0 Å². The minimum Gasteiger partial charge on any atom is -0.497 e. The summed E-state index contributed by atoms with van der Waals surface area (Å²) in [5, 5.41) is 3.15. The van der Waals surface area contributed by atoms with Crippen molar-refractivity contribution >= 4 is 27.4 Å². The van der Waals surface area contributed by atoms with Gasteiger partial charge in [-0.3, -0.25) is 4.72 Å². The maximum Gasteiger partial charge on any atom is 0.337 e. The largest absolute Gasteiger partial charge is 0.497 e. The molecule has 0 amide bonds. The minimum atomic E-state index is -4.00. The van der Waals surface area contributed by atoms with Gasteiger partial charge in [0.05, 0.1) is 25.5 Å². The lowest BCUT2D eigenvalue weighted by Gasteiger charge is -2.15. The maximum atomic E-state index is 13.2. The van der Waals surface area contributed by atoms with E-state index in [0.29, 0.717) is 23.7 Å². The Morgan fingerprint density at radius 1 is 0.935 bits per heavy atom. The number of esters is 1. The summed E-state index contributed by atoms with van der Waals surface area (Å²) in [5.41, 5.74) is 3.01. The summed E-state index contributed by atoms with van der Waals surface area (Å²) in [4.78, 5) is 11.9. The molecule has 3 aromatic carbocycles. The number of hydrogen-bond donors (Lipinski definition) is 2. The van der Waals surface area contributed by atoms with E-state index in [1.54, 1.807) is 30.3 Å². The molecule has 0 aromatic heterocycles. The van der Waals surface area contributed by atoms with Gasteiger partial charge in [0.15, 0.2) is 0 Å². The molecule has 0 radical (unpaired) electrons. The predicted octanol–water partition coefficient (Wildman–Crippen LogP) is 4.20. The van der Waals surface area contributed by atoms with Gasteiger partial charge in [-0.05, 0) is 55.0 Å². The Kier molecular flexibility index (Phi) is 6.81. The number of hydrogen-bond acceptors (Lipinski definition) is 6. The third-order valence-corrected chi connectivity index (χ3v) is 6.06. The van der Waals surface area contributed by atoms with E-state index in [1.807, 2.05) is 31.2 Å². The van der Waals surface area contributed by atoms with Gasteiger partial charge in [0.2, 0.25) is 0 Å². The topological polar surface area (TPSA) is 93.7 Å². The first-order chi connectivity index (χ1) is 14.8. The van der Waals surface area contributed by atoms with Crippen molar-refractivity contribution in [3.8, 4) is 5.75 Å². The molecule has 0 aliphatic heterocycles. The zero-order valence-electron chi connectivity index (χ0n) is 17.5. The number of nitrogens with one attached hydrogen (secondary N) is 2. The molecule has 31 heavy (non-hydrogen) atoms. The lowest BCUT2D eigenvalue weighted by atomic mass is 10.1. The summed E-state index contributed by atoms with van der Waals surface area (Å²) in [6.07, 6.45) is 0. The van der Waals surface area contributed by atoms with Crippen molar-refractivity contribution in [3.05, 3.63) is 83.4 Å². The van der Waals surface area contributed by atoms with E-state index < -0.39 is 16.0 Å². The second-order valence-electron chi connectivity index (χ2n) is 6.88. The van der Waals surface area contributed by atoms with Gasteiger partial charge in [0.1, 0.15) is 10.6 Å². The molecule has 0 spiro atoms. The van der Waals surface area contributed by atoms with Crippen LogP contribution >= 0.6 is 0 Å². The van der Waals surface area contributed by atoms with Crippen LogP contribution in [0, 0.1) is 6.92 Å². The molecule has 3 rings (SSSR count). The maximum absolute atomic E-state index is 13.2. The van der Waals surface area contributed by atoms with Crippen LogP contribution in [0.2, 0.25) is 0 Å². The predicted molar refractivity (Wildman–Crippen MR) is 120 cm³/mol. The Morgan fingerprint density at radius 3 is 2.23 bits per heavy atom. The lowest BCUT2D eigenvalue weighted by Crippen LogP contribution is -2.16. The second-order valence-corrected chi connectivity index (χ2v) is 8.53. The van der Waals surface area contributed by atoms with Crippen LogP contribution in [-0.4, -0.2) is 28.6 Å². The summed E-state index contributed by atoms with van der Waals surface area (Å²) in [5.74, 6) is -0.0120. The van der Waals surface area contributed by atoms with Gasteiger partial charge in [-0.25, -0.2) is 13.2 Å². The van der Waals surface area contributed by atoms with E-state index in [9.17, 15) is 13.2 Å². The lowest BCUT2D eigenvalue weighted by molar-refractivity contribution is 0.0600. The molecule has 0 aliphatic rings. The molecule has 0 saturated carbocycles. The Labute approximate surface area is 182 Å². The molecule has 0 fully saturated rings. The Bertz CT molecular complexity index is 1160. The van der Waals surface area contributed by atoms with Crippen LogP contribution in [0.4, 0.5) is 11.4 Å². The van der Waals surface area contributed by atoms with Gasteiger partial charge in [-0.15, -0.1) is 0 Å². The first kappa shape index (κ1) is 22.2. The number of anilines is 2. The molecule has 7 nitrogen and oxygen atoms in total. The number of benzene rings is 3. The van der Waals surface area contributed by atoms with E-state index >= 15 is 0 Å². The zero-order valence-corrected chi connectivity index (χ0v) is 18.3. The van der Waals surface area contributed by atoms with E-state index in [2.05, 4.69) is 10.0 Å². The molecule has 2 N–H and O–H groups in total. The van der Waals surface area contributed by atoms with E-state index in [1.165, 1.54) is 26.4 Å². The highest BCUT2D eigenvalue weighted by molar-refractivity contribution is 7.92. The van der Waals surface area contributed by atoms with Crippen molar-refractivity contribution < 1.29 is 22.7 Å². The molecule has 3 aromatic rings. The van der Waals surface area contributed by atoms with E-state index in [-0.39, 0.29) is 10.5 Å². The molecule has 0 aliphatic carbocycles. The van der Waals surface area contributed by atoms with Crippen molar-refractivity contribution in [1.29, 1.82) is 0 Å². The van der Waals surface area contributed by atoms with Crippen molar-refractivity contribution in [2.75, 3.05) is 24.3 Å². The average molecular weight is 441 g/mol. The Balaban J connectivity index is 1.93. The molecule has 0 saturated heterocycles. The van der Waals surface area contributed by atoms with Crippen LogP contribution in [0.1, 0.15) is 21.5 Å². The van der Waals surface area contributed by atoms with Gasteiger partial charge < -0.3 is 14.8 Å². The van der Waals surface area contributed by atoms with Gasteiger partial charge in [-0.1, -0.05) is 29.8 Å². The first-order valence-electron chi connectivity index (χ1n) is 9.51. The average Bonchev–Trinajstić information content (AvgIpc) is 2.78. The van der Waals surface area contributed by atoms with Crippen LogP contribution in [0.5, 0.6) is 5.75 Å². The third kappa shape index (κ3) is 5.55. The summed E-state index contributed by atoms with van der Waals surface area (Å²) in [7, 11) is -1.22. The molecule has 162 valence electrons. The summed E-state index contributed by atoms with van der Waals surface area (Å²) in [6.45, 7) is 2.42. The van der Waals surface area contributed by atoms with Gasteiger partial charge in [-0.2, -0.15) is 0 Å². The zero-order chi connectivity index (χ0) is 22.4. The highest BCUT2D eigenvalue weighted by Gasteiger charge is 2.21. The number of sulfonamides is 1. The van der Waals surface area contributed by atoms with Crippen LogP contribution in [0.3, 0.4) is 0 Å². The highest BCUT2D eigenvalue weighted by Crippen LogP contribution is 2.27. The van der Waals surface area contributed by atoms with E-state index in [4.69, 9.17) is 9.47 Å². The van der Waals surface area contributed by atoms with Crippen molar-refractivity contribution in [3.63, 3.8) is 0 Å². The summed E-state index contributed by atoms with van der Waals surface area (Å²) < 4.78 is 38.7. The SMILES string of the molecule is COC(=O)c1ccc(NCc2ccc(C)cc2)c(S(=O)(=O)Nc2ccc(OC)cc2)c1. The van der Waals surface area contributed by atoms with Crippen LogP contribution < -0.4 is 14.8 Å². The normalized spacial score (nSPS) is 10.9. The fourth-order valence-electron chi connectivity index (χ4n) is 2.91. The number of methoxy groups -OCH3 is 2. The third-order valence-electron chi connectivity index (χ3n) is 4.64. The fourth-order valence-corrected chi connectivity index (χ4v) is 4.18. The van der Waals surface area contributed by atoms with Crippen LogP contribution in [0.25, 0.3) is 0 Å². The molecule has 0 unspecified atom stereocenters. The van der Waals surface area contributed by atoms with Crippen molar-refractivity contribution in [1.82, 2.24) is 0 Å². The highest BCUT2D eigenvalue weighted by atomic mass is 32.2. The first-order valence-corrected chi connectivity index (χ1v) is 11.0. The van der Waals surface area contributed by atoms with Gasteiger partial charge in [0, 0.05) is 12.2 Å². The van der Waals surface area contributed by atoms with E-state index in [0.717, 1.165) is 11.1 Å². The van der Waals surface area contributed by atoms with Crippen molar-refractivity contribution in [2.45, 2.75) is 18.4 Å². The van der Waals surface area contributed by atoms with Crippen LogP contribution in [-0.2, 0) is 21.3 Å². The number of carbonyl (C=O) groups excluding carboxylic acids is 1. The molecular formula is C23H24N2O5S. The summed E-state index contributed by atoms with van der Waals surface area (Å²) in [6, 6.07) is 18.8. The molecular weight excluding hydrogens is 416 g/mol. The minimum absolute atomic E-state index is 0.0571. The number of aryl methyl sites for hydroxylation is 1.